The zero-order valence-corrected chi connectivity index (χ0v) is 11.7. The van der Waals surface area contributed by atoms with Crippen LogP contribution in [0.15, 0.2) is 0 Å². The minimum absolute atomic E-state index is 0.507. The first-order valence-corrected chi connectivity index (χ1v) is 7.96. The summed E-state index contributed by atoms with van der Waals surface area (Å²) in [7, 11) is -9.34. The Bertz CT molecular complexity index is 352. The van der Waals surface area contributed by atoms with E-state index in [1.807, 2.05) is 0 Å². The molecule has 0 aromatic heterocycles. The summed E-state index contributed by atoms with van der Waals surface area (Å²) in [5.74, 6) is 0. The van der Waals surface area contributed by atoms with Gasteiger partial charge in [0.25, 0.3) is 0 Å². The average molecular weight is 325 g/mol. The van der Waals surface area contributed by atoms with E-state index in [0.29, 0.717) is 0 Å². The molecule has 7 N–H and O–H groups in total. The van der Waals surface area contributed by atoms with Gasteiger partial charge in [-0.25, -0.2) is 9.13 Å². The smallest absolute Gasteiger partial charge is 0.367 e. The van der Waals surface area contributed by atoms with Gasteiger partial charge in [0.2, 0.25) is 0 Å². The van der Waals surface area contributed by atoms with Crippen LogP contribution in [0.4, 0.5) is 0 Å². The molecule has 0 spiro atoms. The molecule has 0 bridgehead atoms. The summed E-state index contributed by atoms with van der Waals surface area (Å²) < 4.78 is 33.7. The fraction of sp³-hybridized carbons (Fsp3) is 1.00. The normalized spacial score (nSPS) is 18.1. The maximum absolute atomic E-state index is 10.4. The number of hydrogen-bond donors (Lipinski definition) is 6. The van der Waals surface area contributed by atoms with E-state index in [0.717, 1.165) is 0 Å². The quantitative estimate of drug-likeness (QED) is 0.208. The van der Waals surface area contributed by atoms with Crippen molar-refractivity contribution in [3.05, 3.63) is 0 Å². The third kappa shape index (κ3) is 11.6. The maximum Gasteiger partial charge on any atom is 0.469 e. The van der Waals surface area contributed by atoms with Crippen molar-refractivity contribution in [3.63, 3.8) is 0 Å². The van der Waals surface area contributed by atoms with E-state index >= 15 is 0 Å². The summed E-state index contributed by atoms with van der Waals surface area (Å²) in [4.78, 5) is 33.7. The predicted octanol–water partition coefficient (Wildman–Crippen LogP) is -1.74. The number of aliphatic hydroxyl groups is 1. The van der Waals surface area contributed by atoms with Crippen LogP contribution in [0, 0.1) is 0 Å². The second-order valence-corrected chi connectivity index (χ2v) is 6.05. The first-order chi connectivity index (χ1) is 8.41. The molecule has 0 saturated carbocycles. The van der Waals surface area contributed by atoms with E-state index in [1.165, 1.54) is 6.92 Å². The van der Waals surface area contributed by atoms with Crippen molar-refractivity contribution < 1.29 is 47.6 Å². The molecule has 19 heavy (non-hydrogen) atoms. The number of aliphatic hydroxyl groups excluding tert-OH is 1. The molecular weight excluding hydrogens is 308 g/mol. The molecule has 0 aliphatic rings. The van der Waals surface area contributed by atoms with Gasteiger partial charge in [-0.1, -0.05) is 0 Å². The first kappa shape index (κ1) is 19.1. The lowest BCUT2D eigenvalue weighted by Gasteiger charge is -2.23. The highest BCUT2D eigenvalue weighted by molar-refractivity contribution is 7.46. The van der Waals surface area contributed by atoms with Crippen molar-refractivity contribution >= 4 is 15.6 Å². The van der Waals surface area contributed by atoms with Gasteiger partial charge in [-0.3, -0.25) is 9.05 Å². The van der Waals surface area contributed by atoms with Crippen molar-refractivity contribution in [2.24, 2.45) is 5.73 Å². The number of hydrogen-bond acceptors (Lipinski definition) is 7. The lowest BCUT2D eigenvalue weighted by atomic mass is 10.3. The van der Waals surface area contributed by atoms with Gasteiger partial charge >= 0.3 is 15.6 Å². The highest BCUT2D eigenvalue weighted by Crippen LogP contribution is 2.36. The van der Waals surface area contributed by atoms with E-state index < -0.39 is 47.3 Å². The molecule has 0 aromatic rings. The maximum atomic E-state index is 10.4. The second kappa shape index (κ2) is 7.77. The number of ether oxygens (including phenoxy) is 1. The van der Waals surface area contributed by atoms with Gasteiger partial charge in [-0.15, -0.1) is 0 Å². The minimum atomic E-state index is -4.70. The minimum Gasteiger partial charge on any atom is -0.367 e. The molecule has 0 rings (SSSR count). The van der Waals surface area contributed by atoms with Crippen LogP contribution in [-0.2, 0) is 22.9 Å². The highest BCUT2D eigenvalue weighted by atomic mass is 31.2. The SMILES string of the molecule is CC(COP(=O)(O)O)OC(O)[C@@H](N)COP(=O)(O)O. The number of phosphoric acid groups is 2. The van der Waals surface area contributed by atoms with E-state index in [1.54, 1.807) is 0 Å². The number of nitrogens with two attached hydrogens (primary N) is 1. The van der Waals surface area contributed by atoms with E-state index in [9.17, 15) is 14.2 Å². The molecular formula is C6H17NO10P2. The average Bonchev–Trinajstić information content (AvgIpc) is 2.21. The van der Waals surface area contributed by atoms with E-state index in [-0.39, 0.29) is 0 Å². The summed E-state index contributed by atoms with van der Waals surface area (Å²) in [6.07, 6.45) is -2.56. The molecule has 3 atom stereocenters. The van der Waals surface area contributed by atoms with Gasteiger partial charge in [-0.2, -0.15) is 0 Å². The molecule has 0 radical (unpaired) electrons. The molecule has 0 amide bonds. The van der Waals surface area contributed by atoms with Crippen LogP contribution in [0.3, 0.4) is 0 Å². The fourth-order valence-electron chi connectivity index (χ4n) is 0.846. The Hall–Kier alpha value is 0.1000. The van der Waals surface area contributed by atoms with Crippen LogP contribution in [0.5, 0.6) is 0 Å². The Balaban J connectivity index is 4.04. The second-order valence-electron chi connectivity index (χ2n) is 3.57. The Morgan fingerprint density at radius 3 is 1.89 bits per heavy atom. The summed E-state index contributed by atoms with van der Waals surface area (Å²) in [6.45, 7) is 0.167. The van der Waals surface area contributed by atoms with Crippen molar-refractivity contribution in [2.45, 2.75) is 25.4 Å². The fourth-order valence-corrected chi connectivity index (χ4v) is 1.62. The zero-order chi connectivity index (χ0) is 15.3. The van der Waals surface area contributed by atoms with Gasteiger partial charge in [0.15, 0.2) is 6.29 Å². The van der Waals surface area contributed by atoms with Crippen molar-refractivity contribution in [2.75, 3.05) is 13.2 Å². The first-order valence-electron chi connectivity index (χ1n) is 4.90. The standard InChI is InChI=1S/C6H17NO10P2/c1-4(2-15-18(9,10)11)17-6(8)5(7)3-16-19(12,13)14/h4-6,8H,2-3,7H2,1H3,(H2,9,10,11)(H2,12,13,14)/t4?,5-,6?/m0/s1. The summed E-state index contributed by atoms with van der Waals surface area (Å²) >= 11 is 0. The summed E-state index contributed by atoms with van der Waals surface area (Å²) in [5, 5.41) is 9.38. The van der Waals surface area contributed by atoms with Crippen molar-refractivity contribution in [1.29, 1.82) is 0 Å². The number of rotatable bonds is 9. The predicted molar refractivity (Wildman–Crippen MR) is 60.5 cm³/mol. The molecule has 13 heteroatoms. The molecule has 0 saturated heterocycles. The van der Waals surface area contributed by atoms with Gasteiger partial charge < -0.3 is 35.2 Å². The van der Waals surface area contributed by atoms with E-state index in [4.69, 9.17) is 30.0 Å². The lowest BCUT2D eigenvalue weighted by molar-refractivity contribution is -0.155. The van der Waals surface area contributed by atoms with Crippen LogP contribution in [0.2, 0.25) is 0 Å². The Morgan fingerprint density at radius 1 is 1.05 bits per heavy atom. The molecule has 0 fully saturated rings. The van der Waals surface area contributed by atoms with Gasteiger partial charge in [0.05, 0.1) is 25.4 Å². The monoisotopic (exact) mass is 325 g/mol. The Kier molecular flexibility index (Phi) is 7.81. The van der Waals surface area contributed by atoms with E-state index in [2.05, 4.69) is 9.05 Å². The van der Waals surface area contributed by atoms with Crippen LogP contribution < -0.4 is 5.73 Å². The third-order valence-corrected chi connectivity index (χ3v) is 2.62. The van der Waals surface area contributed by atoms with Gasteiger partial charge in [-0.05, 0) is 6.92 Å². The topological polar surface area (TPSA) is 189 Å². The zero-order valence-electron chi connectivity index (χ0n) is 9.90. The van der Waals surface area contributed by atoms with Crippen LogP contribution in [0.1, 0.15) is 6.92 Å². The largest absolute Gasteiger partial charge is 0.469 e. The highest BCUT2D eigenvalue weighted by Gasteiger charge is 2.24. The van der Waals surface area contributed by atoms with Gasteiger partial charge in [0.1, 0.15) is 0 Å². The van der Waals surface area contributed by atoms with Crippen LogP contribution >= 0.6 is 15.6 Å². The van der Waals surface area contributed by atoms with Crippen LogP contribution in [0.25, 0.3) is 0 Å². The molecule has 0 heterocycles. The van der Waals surface area contributed by atoms with Crippen molar-refractivity contribution in [3.8, 4) is 0 Å². The molecule has 0 aliphatic heterocycles. The third-order valence-electron chi connectivity index (χ3n) is 1.65. The number of phosphoric ester groups is 2. The molecule has 0 aromatic carbocycles. The summed E-state index contributed by atoms with van der Waals surface area (Å²) in [6, 6.07) is -1.26. The Morgan fingerprint density at radius 2 is 1.47 bits per heavy atom. The van der Waals surface area contributed by atoms with Crippen molar-refractivity contribution in [1.82, 2.24) is 0 Å². The van der Waals surface area contributed by atoms with Gasteiger partial charge in [0, 0.05) is 0 Å². The molecule has 2 unspecified atom stereocenters. The van der Waals surface area contributed by atoms with Crippen LogP contribution in [-0.4, -0.2) is 56.3 Å². The molecule has 116 valence electrons. The molecule has 11 nitrogen and oxygen atoms in total. The summed E-state index contributed by atoms with van der Waals surface area (Å²) in [5.41, 5.74) is 5.32. The Labute approximate surface area is 108 Å². The molecule has 0 aliphatic carbocycles. The lowest BCUT2D eigenvalue weighted by Crippen LogP contribution is -2.42.